The van der Waals surface area contributed by atoms with Crippen molar-refractivity contribution < 1.29 is 71.7 Å². The summed E-state index contributed by atoms with van der Waals surface area (Å²) in [7, 11) is -5.28. The topological polar surface area (TPSA) is 230 Å². The van der Waals surface area contributed by atoms with Crippen LogP contribution in [0.5, 0.6) is 5.75 Å². The number of nitrogen functional groups attached to an aromatic ring is 1. The maximum atomic E-state index is 13.2. The van der Waals surface area contributed by atoms with Gasteiger partial charge in [0.15, 0.2) is 33.5 Å². The van der Waals surface area contributed by atoms with Crippen LogP contribution in [0.1, 0.15) is 11.4 Å². The number of carbonyl (C=O) groups is 2. The number of alkyl halides is 1. The zero-order valence-corrected chi connectivity index (χ0v) is 20.7. The summed E-state index contributed by atoms with van der Waals surface area (Å²) in [5.41, 5.74) is 3.85. The number of nitrogens with two attached hydrogens (primary N) is 1. The number of halogens is 1. The Hall–Kier alpha value is -2.77. The molecule has 2 atom stereocenters. The van der Waals surface area contributed by atoms with E-state index in [4.69, 9.17) is 10.6 Å². The van der Waals surface area contributed by atoms with E-state index in [-0.39, 0.29) is 50.4 Å². The van der Waals surface area contributed by atoms with Gasteiger partial charge in [0.1, 0.15) is 30.1 Å². The molecule has 5 N–H and O–H groups in total. The minimum atomic E-state index is -5.28. The number of aromatic nitrogens is 2. The van der Waals surface area contributed by atoms with Crippen molar-refractivity contribution in [1.29, 1.82) is 0 Å². The van der Waals surface area contributed by atoms with E-state index in [2.05, 4.69) is 15.5 Å². The molecule has 1 fully saturated rings. The minimum Gasteiger partial charge on any atom is -0.731 e. The Morgan fingerprint density at radius 1 is 1.44 bits per heavy atom. The Morgan fingerprint density at radius 2 is 2.12 bits per heavy atom. The van der Waals surface area contributed by atoms with Gasteiger partial charge in [-0.1, -0.05) is 5.16 Å². The van der Waals surface area contributed by atoms with Crippen molar-refractivity contribution >= 4 is 44.3 Å². The van der Waals surface area contributed by atoms with E-state index in [0.29, 0.717) is 10.9 Å². The standard InChI is InChI=1S/C15H15FN6O9S2.Na/c16-2-8-12(14(26)22(8)33(28,29)30)19-13(25)11(7-5-32-15(17)18-7)20-31-4-6-1-9(23)10(24)3-21(6)27;/h1,3,5,8,12,24,27H,2,4H2,(H2,17,18)(H,19,25)(H,28,29,30);/q;+1/p-1/b20-11-;/t8-,12-;/m0./s1. The van der Waals surface area contributed by atoms with Gasteiger partial charge in [0.25, 0.3) is 11.8 Å². The number of hydrogen-bond donors (Lipinski definition) is 4. The number of β-lactam (4-membered cyclic amide) rings is 1. The van der Waals surface area contributed by atoms with Crippen LogP contribution in [0.25, 0.3) is 0 Å². The predicted molar refractivity (Wildman–Crippen MR) is 106 cm³/mol. The van der Waals surface area contributed by atoms with Crippen molar-refractivity contribution in [2.45, 2.75) is 18.7 Å². The SMILES string of the molecule is Nc1nc(/C(=N/OCc2cc(=O)c(O)cn2O)C(=O)N[C@@H]2C(=O)N(S(=O)(=O)[O-])[C@H]2CF)cs1.[Na+]. The first-order valence-corrected chi connectivity index (χ1v) is 10.9. The molecular formula is C15H14FN6NaO9S2. The third-order valence-corrected chi connectivity index (χ3v) is 5.90. The number of oxime groups is 1. The Bertz CT molecular complexity index is 1300. The van der Waals surface area contributed by atoms with E-state index in [9.17, 15) is 42.1 Å². The number of pyridine rings is 1. The van der Waals surface area contributed by atoms with Gasteiger partial charge in [-0.25, -0.2) is 22.1 Å². The van der Waals surface area contributed by atoms with Gasteiger partial charge in [-0.15, -0.1) is 11.3 Å². The second kappa shape index (κ2) is 10.7. The minimum absolute atomic E-state index is 0. The molecule has 19 heteroatoms. The van der Waals surface area contributed by atoms with Gasteiger partial charge in [0.2, 0.25) is 5.43 Å². The molecule has 0 saturated carbocycles. The molecular weight excluding hydrogens is 514 g/mol. The molecule has 2 aromatic heterocycles. The van der Waals surface area contributed by atoms with Crippen LogP contribution >= 0.6 is 11.3 Å². The van der Waals surface area contributed by atoms with Crippen molar-refractivity contribution in [3.63, 3.8) is 0 Å². The maximum absolute atomic E-state index is 13.2. The summed E-state index contributed by atoms with van der Waals surface area (Å²) in [6.45, 7) is -2.00. The van der Waals surface area contributed by atoms with E-state index < -0.39 is 64.4 Å². The molecule has 34 heavy (non-hydrogen) atoms. The van der Waals surface area contributed by atoms with Crippen LogP contribution in [-0.4, -0.2) is 73.6 Å². The van der Waals surface area contributed by atoms with E-state index in [1.54, 1.807) is 0 Å². The van der Waals surface area contributed by atoms with E-state index in [0.717, 1.165) is 17.4 Å². The molecule has 15 nitrogen and oxygen atoms in total. The Balaban J connectivity index is 0.00000408. The van der Waals surface area contributed by atoms with Crippen LogP contribution in [0.4, 0.5) is 9.52 Å². The molecule has 0 radical (unpaired) electrons. The van der Waals surface area contributed by atoms with E-state index in [1.165, 1.54) is 5.38 Å². The van der Waals surface area contributed by atoms with Crippen LogP contribution in [-0.2, 0) is 31.3 Å². The fourth-order valence-electron chi connectivity index (χ4n) is 2.74. The van der Waals surface area contributed by atoms with Gasteiger partial charge in [-0.2, -0.15) is 4.73 Å². The van der Waals surface area contributed by atoms with Gasteiger partial charge >= 0.3 is 29.6 Å². The van der Waals surface area contributed by atoms with Crippen molar-refractivity contribution in [2.75, 3.05) is 12.4 Å². The maximum Gasteiger partial charge on any atom is 1.00 e. The molecule has 2 amide bonds. The van der Waals surface area contributed by atoms with Gasteiger partial charge in [-0.3, -0.25) is 14.4 Å². The quantitative estimate of drug-likeness (QED) is 0.0632. The Morgan fingerprint density at radius 3 is 2.68 bits per heavy atom. The Labute approximate surface area is 215 Å². The normalized spacial score (nSPS) is 18.1. The molecule has 1 aliphatic rings. The van der Waals surface area contributed by atoms with E-state index >= 15 is 0 Å². The smallest absolute Gasteiger partial charge is 0.731 e. The molecule has 0 aromatic carbocycles. The number of hydrogen-bond acceptors (Lipinski definition) is 13. The summed E-state index contributed by atoms with van der Waals surface area (Å²) >= 11 is 0.915. The zero-order valence-electron chi connectivity index (χ0n) is 17.1. The monoisotopic (exact) mass is 528 g/mol. The fourth-order valence-corrected chi connectivity index (χ4v) is 4.13. The number of carbonyl (C=O) groups excluding carboxylic acids is 2. The van der Waals surface area contributed by atoms with Crippen LogP contribution in [0.2, 0.25) is 0 Å². The average Bonchev–Trinajstić information content (AvgIpc) is 3.15. The number of aromatic hydroxyl groups is 1. The summed E-state index contributed by atoms with van der Waals surface area (Å²) in [6.07, 6.45) is 0.703. The second-order valence-electron chi connectivity index (χ2n) is 6.41. The van der Waals surface area contributed by atoms with Crippen LogP contribution in [0.3, 0.4) is 0 Å². The molecule has 2 aromatic rings. The molecule has 3 heterocycles. The third kappa shape index (κ3) is 5.65. The first kappa shape index (κ1) is 27.5. The van der Waals surface area contributed by atoms with E-state index in [1.807, 2.05) is 0 Å². The molecule has 0 spiro atoms. The van der Waals surface area contributed by atoms with Crippen molar-refractivity contribution in [1.82, 2.24) is 19.3 Å². The third-order valence-electron chi connectivity index (χ3n) is 4.29. The fraction of sp³-hybridized carbons (Fsp3) is 0.267. The number of anilines is 1. The zero-order chi connectivity index (χ0) is 24.5. The summed E-state index contributed by atoms with van der Waals surface area (Å²) in [5.74, 6) is -3.22. The van der Waals surface area contributed by atoms with Gasteiger partial charge in [0.05, 0.1) is 6.20 Å². The molecule has 178 valence electrons. The molecule has 0 bridgehead atoms. The van der Waals surface area contributed by atoms with Crippen molar-refractivity contribution in [3.05, 3.63) is 39.3 Å². The van der Waals surface area contributed by atoms with Crippen molar-refractivity contribution in [3.8, 4) is 5.75 Å². The summed E-state index contributed by atoms with van der Waals surface area (Å²) in [4.78, 5) is 44.9. The first-order valence-electron chi connectivity index (χ1n) is 8.65. The number of amides is 2. The first-order chi connectivity index (χ1) is 15.4. The Kier molecular flexibility index (Phi) is 8.61. The number of nitrogens with zero attached hydrogens (tertiary/aromatic N) is 4. The molecule has 1 aliphatic heterocycles. The molecule has 0 unspecified atom stereocenters. The van der Waals surface area contributed by atoms with Crippen LogP contribution < -0.4 is 46.0 Å². The predicted octanol–water partition coefficient (Wildman–Crippen LogP) is -5.12. The summed E-state index contributed by atoms with van der Waals surface area (Å²) < 4.78 is 46.6. The largest absolute Gasteiger partial charge is 1.00 e. The van der Waals surface area contributed by atoms with Crippen LogP contribution in [0, 0.1) is 0 Å². The number of nitrogens with one attached hydrogen (secondary N) is 1. The van der Waals surface area contributed by atoms with Gasteiger partial charge in [0, 0.05) is 11.4 Å². The van der Waals surface area contributed by atoms with Gasteiger partial charge in [-0.05, 0) is 0 Å². The summed E-state index contributed by atoms with van der Waals surface area (Å²) in [5, 5.41) is 25.9. The molecule has 0 aliphatic carbocycles. The summed E-state index contributed by atoms with van der Waals surface area (Å²) in [6, 6.07) is -2.58. The van der Waals surface area contributed by atoms with Crippen LogP contribution in [0.15, 0.2) is 27.6 Å². The molecule has 1 saturated heterocycles. The number of rotatable bonds is 8. The average molecular weight is 528 g/mol. The number of thiazole rings is 1. The second-order valence-corrected chi connectivity index (χ2v) is 8.55. The van der Waals surface area contributed by atoms with Gasteiger partial charge < -0.3 is 30.8 Å². The molecule has 3 rings (SSSR count). The van der Waals surface area contributed by atoms with Crippen molar-refractivity contribution in [2.24, 2.45) is 5.16 Å².